The van der Waals surface area contributed by atoms with E-state index < -0.39 is 5.97 Å². The number of rotatable bonds is 4. The molecule has 0 N–H and O–H groups in total. The number of aromatic nitrogens is 1. The van der Waals surface area contributed by atoms with Crippen LogP contribution in [0.15, 0.2) is 100.0 Å². The average molecular weight is 415 g/mol. The zero-order chi connectivity index (χ0) is 19.6. The van der Waals surface area contributed by atoms with Gasteiger partial charge in [0.05, 0.1) is 15.1 Å². The normalized spacial score (nSPS) is 15.3. The lowest BCUT2D eigenvalue weighted by molar-refractivity contribution is -0.129. The van der Waals surface area contributed by atoms with Gasteiger partial charge in [0.1, 0.15) is 0 Å². The Morgan fingerprint density at radius 2 is 1.55 bits per heavy atom. The minimum absolute atomic E-state index is 0.305. The van der Waals surface area contributed by atoms with Crippen molar-refractivity contribution in [3.8, 4) is 0 Å². The number of hydrogen-bond acceptors (Lipinski definition) is 6. The predicted octanol–water partition coefficient (Wildman–Crippen LogP) is 5.76. The number of hydrogen-bond donors (Lipinski definition) is 0. The zero-order valence-corrected chi connectivity index (χ0v) is 16.7. The van der Waals surface area contributed by atoms with Gasteiger partial charge in [0, 0.05) is 5.56 Å². The minimum Gasteiger partial charge on any atom is -0.402 e. The molecule has 0 radical (unpaired) electrons. The van der Waals surface area contributed by atoms with E-state index >= 15 is 0 Å². The van der Waals surface area contributed by atoms with Gasteiger partial charge >= 0.3 is 5.97 Å². The molecule has 6 heteroatoms. The van der Waals surface area contributed by atoms with E-state index in [1.165, 1.54) is 11.8 Å². The maximum Gasteiger partial charge on any atom is 0.365 e. The monoisotopic (exact) mass is 414 g/mol. The topological polar surface area (TPSA) is 51.5 Å². The number of carbonyl (C=O) groups excluding carboxylic acids is 1. The molecule has 29 heavy (non-hydrogen) atoms. The Morgan fingerprint density at radius 1 is 0.862 bits per heavy atom. The second kappa shape index (κ2) is 7.66. The van der Waals surface area contributed by atoms with Crippen LogP contribution in [0.5, 0.6) is 0 Å². The number of carbonyl (C=O) groups is 1. The van der Waals surface area contributed by atoms with Crippen molar-refractivity contribution in [3.63, 3.8) is 0 Å². The maximum atomic E-state index is 12.7. The van der Waals surface area contributed by atoms with Gasteiger partial charge in [0.25, 0.3) is 0 Å². The van der Waals surface area contributed by atoms with Crippen molar-refractivity contribution in [2.45, 2.75) is 4.34 Å². The third kappa shape index (κ3) is 3.60. The summed E-state index contributed by atoms with van der Waals surface area (Å²) in [7, 11) is 0. The van der Waals surface area contributed by atoms with E-state index in [0.717, 1.165) is 30.6 Å². The molecule has 2 heterocycles. The van der Waals surface area contributed by atoms with Crippen LogP contribution < -0.4 is 0 Å². The van der Waals surface area contributed by atoms with Crippen LogP contribution in [-0.2, 0) is 9.53 Å². The lowest BCUT2D eigenvalue weighted by atomic mass is 10.2. The van der Waals surface area contributed by atoms with E-state index in [-0.39, 0.29) is 0 Å². The van der Waals surface area contributed by atoms with Gasteiger partial charge < -0.3 is 4.74 Å². The Morgan fingerprint density at radius 3 is 2.31 bits per heavy atom. The SMILES string of the molecule is O=C1OC(c2ccccc2)=N/C1=C(\Sc1nc2ccccc2s1)c1ccccc1. The van der Waals surface area contributed by atoms with Crippen LogP contribution in [0.25, 0.3) is 15.1 Å². The van der Waals surface area contributed by atoms with Gasteiger partial charge in [0.2, 0.25) is 5.90 Å². The van der Waals surface area contributed by atoms with E-state index in [1.54, 1.807) is 11.3 Å². The second-order valence-corrected chi connectivity index (χ2v) is 8.55. The number of aliphatic imine (C=N–C) groups is 1. The molecule has 0 fully saturated rings. The fourth-order valence-electron chi connectivity index (χ4n) is 2.97. The fourth-order valence-corrected chi connectivity index (χ4v) is 5.15. The number of esters is 1. The summed E-state index contributed by atoms with van der Waals surface area (Å²) in [4.78, 5) is 22.7. The first-order valence-corrected chi connectivity index (χ1v) is 10.6. The van der Waals surface area contributed by atoms with Crippen molar-refractivity contribution < 1.29 is 9.53 Å². The van der Waals surface area contributed by atoms with E-state index in [9.17, 15) is 4.79 Å². The lowest BCUT2D eigenvalue weighted by Gasteiger charge is -2.06. The number of fused-ring (bicyclic) bond motifs is 1. The average Bonchev–Trinajstić information content (AvgIpc) is 3.36. The van der Waals surface area contributed by atoms with Gasteiger partial charge in [-0.1, -0.05) is 72.4 Å². The molecule has 4 nitrogen and oxygen atoms in total. The van der Waals surface area contributed by atoms with Crippen molar-refractivity contribution in [2.75, 3.05) is 0 Å². The highest BCUT2D eigenvalue weighted by atomic mass is 32.2. The maximum absolute atomic E-state index is 12.7. The molecule has 3 aromatic carbocycles. The third-order valence-corrected chi connectivity index (χ3v) is 6.56. The number of benzene rings is 3. The summed E-state index contributed by atoms with van der Waals surface area (Å²) in [5.74, 6) is -0.125. The molecular formula is C23H14N2O2S2. The molecule has 1 aliphatic heterocycles. The van der Waals surface area contributed by atoms with Crippen LogP contribution in [0.1, 0.15) is 11.1 Å². The molecule has 0 atom stereocenters. The van der Waals surface area contributed by atoms with Crippen molar-refractivity contribution in [1.82, 2.24) is 4.98 Å². The molecule has 0 saturated heterocycles. The smallest absolute Gasteiger partial charge is 0.365 e. The van der Waals surface area contributed by atoms with E-state index in [0.29, 0.717) is 11.6 Å². The molecule has 0 bridgehead atoms. The van der Waals surface area contributed by atoms with Crippen molar-refractivity contribution in [1.29, 1.82) is 0 Å². The summed E-state index contributed by atoms with van der Waals surface area (Å²) < 4.78 is 7.44. The number of para-hydroxylation sites is 1. The quantitative estimate of drug-likeness (QED) is 0.242. The van der Waals surface area contributed by atoms with Crippen LogP contribution >= 0.6 is 23.1 Å². The standard InChI is InChI=1S/C23H14N2O2S2/c26-22-19(25-21(27-22)16-11-5-2-6-12-16)20(15-9-3-1-4-10-15)29-23-24-17-13-7-8-14-18(17)28-23/h1-14H/b20-19-. The largest absolute Gasteiger partial charge is 0.402 e. The first-order valence-electron chi connectivity index (χ1n) is 8.97. The Bertz CT molecular complexity index is 1230. The predicted molar refractivity (Wildman–Crippen MR) is 118 cm³/mol. The Kier molecular flexibility index (Phi) is 4.71. The summed E-state index contributed by atoms with van der Waals surface area (Å²) >= 11 is 3.04. The minimum atomic E-state index is -0.448. The van der Waals surface area contributed by atoms with E-state index in [4.69, 9.17) is 9.72 Å². The van der Waals surface area contributed by atoms with Gasteiger partial charge in [-0.25, -0.2) is 14.8 Å². The summed E-state index contributed by atoms with van der Waals surface area (Å²) in [5, 5.41) is 0. The summed E-state index contributed by atoms with van der Waals surface area (Å²) in [5.41, 5.74) is 2.93. The van der Waals surface area contributed by atoms with E-state index in [1.807, 2.05) is 84.9 Å². The first kappa shape index (κ1) is 17.8. The molecule has 0 aliphatic carbocycles. The number of ether oxygens (including phenoxy) is 1. The number of cyclic esters (lactones) is 1. The summed E-state index contributed by atoms with van der Waals surface area (Å²) in [6.45, 7) is 0. The van der Waals surface area contributed by atoms with Crippen molar-refractivity contribution in [2.24, 2.45) is 4.99 Å². The molecule has 0 saturated carbocycles. The van der Waals surface area contributed by atoms with Gasteiger partial charge in [-0.15, -0.1) is 11.3 Å². The highest BCUT2D eigenvalue weighted by Gasteiger charge is 2.29. The Balaban J connectivity index is 1.62. The Hall–Kier alpha value is -3.22. The molecule has 1 aromatic heterocycles. The van der Waals surface area contributed by atoms with Gasteiger partial charge in [-0.05, 0) is 29.8 Å². The fraction of sp³-hybridized carbons (Fsp3) is 0. The van der Waals surface area contributed by atoms with E-state index in [2.05, 4.69) is 4.99 Å². The zero-order valence-electron chi connectivity index (χ0n) is 15.1. The molecule has 0 amide bonds. The van der Waals surface area contributed by atoms with Crippen molar-refractivity contribution >= 4 is 50.1 Å². The highest BCUT2D eigenvalue weighted by Crippen LogP contribution is 2.41. The summed E-state index contributed by atoms with van der Waals surface area (Å²) in [6.07, 6.45) is 0. The highest BCUT2D eigenvalue weighted by molar-refractivity contribution is 8.09. The van der Waals surface area contributed by atoms with Crippen LogP contribution in [0.2, 0.25) is 0 Å². The second-order valence-electron chi connectivity index (χ2n) is 6.27. The first-order chi connectivity index (χ1) is 14.3. The van der Waals surface area contributed by atoms with Crippen LogP contribution in [0.3, 0.4) is 0 Å². The molecule has 4 aromatic rings. The lowest BCUT2D eigenvalue weighted by Crippen LogP contribution is -2.05. The number of thioether (sulfide) groups is 1. The summed E-state index contributed by atoms with van der Waals surface area (Å²) in [6, 6.07) is 27.2. The number of thiazole rings is 1. The van der Waals surface area contributed by atoms with Gasteiger partial charge in [-0.2, -0.15) is 0 Å². The third-order valence-electron chi connectivity index (χ3n) is 4.33. The van der Waals surface area contributed by atoms with Gasteiger partial charge in [0.15, 0.2) is 10.0 Å². The molecule has 0 unspecified atom stereocenters. The molecule has 140 valence electrons. The van der Waals surface area contributed by atoms with Crippen LogP contribution in [-0.4, -0.2) is 16.9 Å². The molecule has 0 spiro atoms. The molecular weight excluding hydrogens is 400 g/mol. The molecule has 5 rings (SSSR count). The Labute approximate surface area is 175 Å². The van der Waals surface area contributed by atoms with Crippen molar-refractivity contribution in [3.05, 3.63) is 102 Å². The molecule has 1 aliphatic rings. The van der Waals surface area contributed by atoms with Gasteiger partial charge in [-0.3, -0.25) is 0 Å². The van der Waals surface area contributed by atoms with Crippen LogP contribution in [0, 0.1) is 0 Å². The number of nitrogens with zero attached hydrogens (tertiary/aromatic N) is 2. The van der Waals surface area contributed by atoms with Crippen LogP contribution in [0.4, 0.5) is 0 Å².